The van der Waals surface area contributed by atoms with Gasteiger partial charge in [0.1, 0.15) is 6.61 Å². The van der Waals surface area contributed by atoms with Crippen LogP contribution in [0.15, 0.2) is 41.5 Å². The number of H-pyrrole nitrogens is 1. The molecular weight excluding hydrogens is 236 g/mol. The highest BCUT2D eigenvalue weighted by Gasteiger charge is 2.16. The Labute approximate surface area is 102 Å². The lowest BCUT2D eigenvalue weighted by atomic mass is 10.2. The molecule has 0 spiro atoms. The predicted molar refractivity (Wildman–Crippen MR) is 62.6 cm³/mol. The van der Waals surface area contributed by atoms with E-state index in [1.807, 2.05) is 30.3 Å². The molecule has 0 fully saturated rings. The normalized spacial score (nSPS) is 10.0. The van der Waals surface area contributed by atoms with Gasteiger partial charge in [0.2, 0.25) is 5.75 Å². The molecule has 0 radical (unpaired) electrons. The Balaban J connectivity index is 2.24. The van der Waals surface area contributed by atoms with Gasteiger partial charge in [-0.3, -0.25) is 4.79 Å². The van der Waals surface area contributed by atoms with Crippen molar-refractivity contribution < 1.29 is 14.6 Å². The van der Waals surface area contributed by atoms with E-state index in [9.17, 15) is 9.59 Å². The lowest BCUT2D eigenvalue weighted by molar-refractivity contribution is 0.0684. The van der Waals surface area contributed by atoms with E-state index < -0.39 is 17.2 Å². The molecule has 0 saturated carbocycles. The van der Waals surface area contributed by atoms with Crippen molar-refractivity contribution in [1.29, 1.82) is 0 Å². The summed E-state index contributed by atoms with van der Waals surface area (Å²) < 4.78 is 5.23. The van der Waals surface area contributed by atoms with Crippen LogP contribution in [0, 0.1) is 0 Å². The quantitative estimate of drug-likeness (QED) is 0.841. The lowest BCUT2D eigenvalue weighted by Gasteiger charge is -2.06. The van der Waals surface area contributed by atoms with Crippen LogP contribution in [0.2, 0.25) is 0 Å². The van der Waals surface area contributed by atoms with Crippen LogP contribution >= 0.6 is 0 Å². The zero-order valence-electron chi connectivity index (χ0n) is 9.29. The monoisotopic (exact) mass is 246 g/mol. The average Bonchev–Trinajstić information content (AvgIpc) is 2.38. The SMILES string of the molecule is O=C(O)c1nc[nH]c(=O)c1OCc1ccccc1. The molecule has 0 aliphatic rings. The van der Waals surface area contributed by atoms with Crippen LogP contribution in [-0.2, 0) is 6.61 Å². The fourth-order valence-corrected chi connectivity index (χ4v) is 1.40. The Hall–Kier alpha value is -2.63. The van der Waals surface area contributed by atoms with Gasteiger partial charge in [-0.05, 0) is 5.56 Å². The third-order valence-corrected chi connectivity index (χ3v) is 2.24. The Kier molecular flexibility index (Phi) is 3.38. The van der Waals surface area contributed by atoms with Crippen molar-refractivity contribution in [2.75, 3.05) is 0 Å². The molecule has 2 aromatic rings. The van der Waals surface area contributed by atoms with Gasteiger partial charge < -0.3 is 14.8 Å². The topological polar surface area (TPSA) is 92.3 Å². The van der Waals surface area contributed by atoms with Crippen molar-refractivity contribution in [3.8, 4) is 5.75 Å². The maximum absolute atomic E-state index is 11.5. The molecular formula is C12H10N2O4. The first-order valence-corrected chi connectivity index (χ1v) is 5.16. The number of benzene rings is 1. The van der Waals surface area contributed by atoms with Gasteiger partial charge >= 0.3 is 5.97 Å². The smallest absolute Gasteiger partial charge is 0.358 e. The number of ether oxygens (including phenoxy) is 1. The van der Waals surface area contributed by atoms with Crippen molar-refractivity contribution in [1.82, 2.24) is 9.97 Å². The summed E-state index contributed by atoms with van der Waals surface area (Å²) in [4.78, 5) is 28.2. The van der Waals surface area contributed by atoms with E-state index in [0.717, 1.165) is 11.9 Å². The summed E-state index contributed by atoms with van der Waals surface area (Å²) in [7, 11) is 0. The summed E-state index contributed by atoms with van der Waals surface area (Å²) in [6.45, 7) is 0.107. The number of carboxylic acids is 1. The number of rotatable bonds is 4. The lowest BCUT2D eigenvalue weighted by Crippen LogP contribution is -2.17. The maximum Gasteiger partial charge on any atom is 0.358 e. The molecule has 0 amide bonds. The van der Waals surface area contributed by atoms with Crippen molar-refractivity contribution >= 4 is 5.97 Å². The second-order valence-electron chi connectivity index (χ2n) is 3.49. The van der Waals surface area contributed by atoms with Crippen LogP contribution in [0.1, 0.15) is 16.1 Å². The summed E-state index contributed by atoms with van der Waals surface area (Å²) in [6, 6.07) is 9.12. The minimum Gasteiger partial charge on any atom is -0.481 e. The van der Waals surface area contributed by atoms with Gasteiger partial charge in [-0.2, -0.15) is 0 Å². The Morgan fingerprint density at radius 1 is 1.33 bits per heavy atom. The van der Waals surface area contributed by atoms with Crippen LogP contribution in [0.4, 0.5) is 0 Å². The number of carboxylic acid groups (broad SMARTS) is 1. The largest absolute Gasteiger partial charge is 0.481 e. The van der Waals surface area contributed by atoms with Crippen molar-refractivity contribution in [3.63, 3.8) is 0 Å². The number of nitrogens with one attached hydrogen (secondary N) is 1. The summed E-state index contributed by atoms with van der Waals surface area (Å²) in [5.41, 5.74) is -0.176. The molecule has 0 saturated heterocycles. The number of nitrogens with zero attached hydrogens (tertiary/aromatic N) is 1. The third kappa shape index (κ3) is 2.54. The maximum atomic E-state index is 11.5. The second kappa shape index (κ2) is 5.13. The minimum absolute atomic E-state index is 0.107. The van der Waals surface area contributed by atoms with Gasteiger partial charge in [0.15, 0.2) is 5.69 Å². The Morgan fingerprint density at radius 3 is 2.72 bits per heavy atom. The first-order chi connectivity index (χ1) is 8.68. The predicted octanol–water partition coefficient (Wildman–Crippen LogP) is 1.05. The van der Waals surface area contributed by atoms with E-state index >= 15 is 0 Å². The summed E-state index contributed by atoms with van der Waals surface area (Å²) in [5.74, 6) is -1.59. The molecule has 0 bridgehead atoms. The zero-order valence-corrected chi connectivity index (χ0v) is 9.29. The highest BCUT2D eigenvalue weighted by atomic mass is 16.5. The molecule has 0 unspecified atom stereocenters. The molecule has 2 rings (SSSR count). The summed E-state index contributed by atoms with van der Waals surface area (Å²) in [6.07, 6.45) is 1.03. The molecule has 1 aromatic carbocycles. The van der Waals surface area contributed by atoms with Crippen molar-refractivity contribution in [3.05, 3.63) is 58.3 Å². The molecule has 0 aliphatic carbocycles. The molecule has 0 atom stereocenters. The molecule has 1 heterocycles. The van der Waals surface area contributed by atoms with Gasteiger partial charge in [0, 0.05) is 0 Å². The Morgan fingerprint density at radius 2 is 2.06 bits per heavy atom. The number of aromatic carboxylic acids is 1. The molecule has 18 heavy (non-hydrogen) atoms. The van der Waals surface area contributed by atoms with Crippen molar-refractivity contribution in [2.24, 2.45) is 0 Å². The summed E-state index contributed by atoms with van der Waals surface area (Å²) >= 11 is 0. The van der Waals surface area contributed by atoms with E-state index in [4.69, 9.17) is 9.84 Å². The van der Waals surface area contributed by atoms with Gasteiger partial charge in [-0.15, -0.1) is 0 Å². The zero-order chi connectivity index (χ0) is 13.0. The Bertz CT molecular complexity index is 607. The van der Waals surface area contributed by atoms with E-state index in [1.54, 1.807) is 0 Å². The highest BCUT2D eigenvalue weighted by Crippen LogP contribution is 2.11. The minimum atomic E-state index is -1.30. The third-order valence-electron chi connectivity index (χ3n) is 2.24. The number of hydrogen-bond donors (Lipinski definition) is 2. The average molecular weight is 246 g/mol. The molecule has 6 heteroatoms. The number of hydrogen-bond acceptors (Lipinski definition) is 4. The fraction of sp³-hybridized carbons (Fsp3) is 0.0833. The van der Waals surface area contributed by atoms with Crippen LogP contribution in [0.5, 0.6) is 5.75 Å². The van der Waals surface area contributed by atoms with Crippen LogP contribution in [0.3, 0.4) is 0 Å². The van der Waals surface area contributed by atoms with Gasteiger partial charge in [-0.25, -0.2) is 9.78 Å². The van der Waals surface area contributed by atoms with Gasteiger partial charge in [0.25, 0.3) is 5.56 Å². The van der Waals surface area contributed by atoms with Crippen LogP contribution in [0.25, 0.3) is 0 Å². The van der Waals surface area contributed by atoms with Gasteiger partial charge in [0.05, 0.1) is 6.33 Å². The number of aromatic nitrogens is 2. The van der Waals surface area contributed by atoms with E-state index in [2.05, 4.69) is 9.97 Å². The van der Waals surface area contributed by atoms with Gasteiger partial charge in [-0.1, -0.05) is 30.3 Å². The molecule has 0 aliphatic heterocycles. The first kappa shape index (κ1) is 11.8. The highest BCUT2D eigenvalue weighted by molar-refractivity contribution is 5.88. The number of carbonyl (C=O) groups is 1. The summed E-state index contributed by atoms with van der Waals surface area (Å²) in [5, 5.41) is 8.89. The fourth-order valence-electron chi connectivity index (χ4n) is 1.40. The van der Waals surface area contributed by atoms with E-state index in [1.165, 1.54) is 0 Å². The van der Waals surface area contributed by atoms with Crippen LogP contribution < -0.4 is 10.3 Å². The number of aromatic amines is 1. The van der Waals surface area contributed by atoms with E-state index in [0.29, 0.717) is 0 Å². The first-order valence-electron chi connectivity index (χ1n) is 5.16. The molecule has 1 aromatic heterocycles. The van der Waals surface area contributed by atoms with Crippen molar-refractivity contribution in [2.45, 2.75) is 6.61 Å². The van der Waals surface area contributed by atoms with E-state index in [-0.39, 0.29) is 12.4 Å². The molecule has 92 valence electrons. The molecule has 6 nitrogen and oxygen atoms in total. The second-order valence-corrected chi connectivity index (χ2v) is 3.49. The van der Waals surface area contributed by atoms with Crippen LogP contribution in [-0.4, -0.2) is 21.0 Å². The molecule has 2 N–H and O–H groups in total. The standard InChI is InChI=1S/C12H10N2O4/c15-11-10(9(12(16)17)13-7-14-11)18-6-8-4-2-1-3-5-8/h1-5,7H,6H2,(H,16,17)(H,13,14,15).